The van der Waals surface area contributed by atoms with Crippen LogP contribution in [0, 0.1) is 0 Å². The van der Waals surface area contributed by atoms with Crippen LogP contribution in [0.25, 0.3) is 88.3 Å². The minimum absolute atomic E-state index is 1.08. The largest absolute Gasteiger partial charge is 0.310 e. The van der Waals surface area contributed by atoms with Gasteiger partial charge in [0.15, 0.2) is 0 Å². The van der Waals surface area contributed by atoms with Crippen LogP contribution in [0.3, 0.4) is 0 Å². The average Bonchev–Trinajstić information content (AvgIpc) is 3.37. The highest BCUT2D eigenvalue weighted by Crippen LogP contribution is 2.47. The van der Waals surface area contributed by atoms with Gasteiger partial charge in [-0.05, 0) is 125 Å². The van der Waals surface area contributed by atoms with Crippen molar-refractivity contribution in [1.82, 2.24) is 0 Å². The quantitative estimate of drug-likeness (QED) is 0.131. The van der Waals surface area contributed by atoms with E-state index < -0.39 is 0 Å². The first-order valence-corrected chi connectivity index (χ1v) is 21.7. The molecule has 11 rings (SSSR count). The molecule has 0 N–H and O–H groups in total. The van der Waals surface area contributed by atoms with E-state index in [9.17, 15) is 0 Å². The lowest BCUT2D eigenvalue weighted by Gasteiger charge is -2.29. The zero-order valence-corrected chi connectivity index (χ0v) is 34.8. The van der Waals surface area contributed by atoms with E-state index >= 15 is 0 Å². The highest BCUT2D eigenvalue weighted by atomic mass is 15.1. The zero-order valence-electron chi connectivity index (χ0n) is 34.8. The van der Waals surface area contributed by atoms with Crippen LogP contribution in [0.15, 0.2) is 261 Å². The average molecular weight is 802 g/mol. The molecule has 63 heavy (non-hydrogen) atoms. The summed E-state index contributed by atoms with van der Waals surface area (Å²) in [6, 6.07) is 94.6. The standard InChI is InChI=1S/C62H43N/c1-6-19-44(20-7-1)50-29-18-30-54(41-50)63(60-40-36-52(45-21-8-2-9-22-45)42-58(60)47-23-10-3-11-24-47)53-37-33-46(34-38-53)51-35-39-57-59(43-51)55-31-16-17-32-56(55)61(48-25-12-4-13-26-48)62(57)49-27-14-5-15-28-49/h1-43H. The number of hydrogen-bond donors (Lipinski definition) is 0. The van der Waals surface area contributed by atoms with Crippen molar-refractivity contribution in [2.45, 2.75) is 0 Å². The van der Waals surface area contributed by atoms with Gasteiger partial charge in [-0.2, -0.15) is 0 Å². The molecular weight excluding hydrogens is 759 g/mol. The number of benzene rings is 11. The Morgan fingerprint density at radius 1 is 0.206 bits per heavy atom. The minimum atomic E-state index is 1.08. The number of anilines is 3. The van der Waals surface area contributed by atoms with E-state index in [2.05, 4.69) is 266 Å². The molecule has 0 unspecified atom stereocenters. The molecule has 0 bridgehead atoms. The first kappa shape index (κ1) is 37.7. The first-order valence-electron chi connectivity index (χ1n) is 21.7. The smallest absolute Gasteiger partial charge is 0.0540 e. The number of fused-ring (bicyclic) bond motifs is 3. The second kappa shape index (κ2) is 16.7. The van der Waals surface area contributed by atoms with Crippen LogP contribution in [-0.4, -0.2) is 0 Å². The van der Waals surface area contributed by atoms with E-state index in [1.807, 2.05) is 0 Å². The van der Waals surface area contributed by atoms with Crippen molar-refractivity contribution in [3.8, 4) is 66.8 Å². The maximum atomic E-state index is 2.42. The van der Waals surface area contributed by atoms with Crippen LogP contribution in [0.4, 0.5) is 17.1 Å². The summed E-state index contributed by atoms with van der Waals surface area (Å²) in [5.41, 5.74) is 17.7. The molecule has 0 fully saturated rings. The molecule has 0 saturated carbocycles. The van der Waals surface area contributed by atoms with Crippen LogP contribution in [0.2, 0.25) is 0 Å². The predicted molar refractivity (Wildman–Crippen MR) is 269 cm³/mol. The van der Waals surface area contributed by atoms with E-state index in [1.54, 1.807) is 0 Å². The van der Waals surface area contributed by atoms with Gasteiger partial charge < -0.3 is 4.90 Å². The number of hydrogen-bond acceptors (Lipinski definition) is 1. The molecule has 0 aliphatic heterocycles. The van der Waals surface area contributed by atoms with Gasteiger partial charge in [-0.1, -0.05) is 218 Å². The number of rotatable bonds is 9. The monoisotopic (exact) mass is 801 g/mol. The van der Waals surface area contributed by atoms with Gasteiger partial charge in [0, 0.05) is 16.9 Å². The highest BCUT2D eigenvalue weighted by molar-refractivity contribution is 6.22. The fraction of sp³-hybridized carbons (Fsp3) is 0. The van der Waals surface area contributed by atoms with Crippen molar-refractivity contribution in [3.63, 3.8) is 0 Å². The summed E-state index contributed by atoms with van der Waals surface area (Å²) < 4.78 is 0. The second-order valence-electron chi connectivity index (χ2n) is 16.1. The molecule has 11 aromatic carbocycles. The lowest BCUT2D eigenvalue weighted by atomic mass is 9.84. The molecule has 0 aromatic heterocycles. The molecular formula is C62H43N. The van der Waals surface area contributed by atoms with Crippen molar-refractivity contribution < 1.29 is 0 Å². The van der Waals surface area contributed by atoms with Crippen LogP contribution in [0.1, 0.15) is 0 Å². The molecule has 0 atom stereocenters. The van der Waals surface area contributed by atoms with Crippen molar-refractivity contribution in [3.05, 3.63) is 261 Å². The van der Waals surface area contributed by atoms with Gasteiger partial charge in [0.2, 0.25) is 0 Å². The topological polar surface area (TPSA) is 3.24 Å². The SMILES string of the molecule is c1ccc(-c2cccc(N(c3ccc(-c4ccc5c(-c6ccccc6)c(-c6ccccc6)c6ccccc6c5c4)cc3)c3ccc(-c4ccccc4)cc3-c3ccccc3)c2)cc1. The maximum Gasteiger partial charge on any atom is 0.0540 e. The summed E-state index contributed by atoms with van der Waals surface area (Å²) >= 11 is 0. The minimum Gasteiger partial charge on any atom is -0.310 e. The molecule has 11 aromatic rings. The number of nitrogens with zero attached hydrogens (tertiary/aromatic N) is 1. The Morgan fingerprint density at radius 3 is 1.21 bits per heavy atom. The molecule has 0 aliphatic carbocycles. The summed E-state index contributed by atoms with van der Waals surface area (Å²) in [7, 11) is 0. The third kappa shape index (κ3) is 7.26. The van der Waals surface area contributed by atoms with Crippen LogP contribution >= 0.6 is 0 Å². The lowest BCUT2D eigenvalue weighted by Crippen LogP contribution is -2.11. The Balaban J connectivity index is 1.07. The van der Waals surface area contributed by atoms with E-state index in [0.717, 1.165) is 22.6 Å². The predicted octanol–water partition coefficient (Wildman–Crippen LogP) is 17.5. The summed E-state index contributed by atoms with van der Waals surface area (Å²) in [5.74, 6) is 0. The Bertz CT molecular complexity index is 3340. The molecule has 0 spiro atoms. The van der Waals surface area contributed by atoms with E-state index in [0.29, 0.717) is 0 Å². The zero-order chi connectivity index (χ0) is 42.0. The fourth-order valence-electron chi connectivity index (χ4n) is 9.25. The Hall–Kier alpha value is -8.26. The van der Waals surface area contributed by atoms with Crippen LogP contribution < -0.4 is 4.90 Å². The summed E-state index contributed by atoms with van der Waals surface area (Å²) in [6.07, 6.45) is 0. The lowest BCUT2D eigenvalue weighted by molar-refractivity contribution is 1.28. The van der Waals surface area contributed by atoms with Crippen molar-refractivity contribution in [2.75, 3.05) is 4.90 Å². The van der Waals surface area contributed by atoms with Gasteiger partial charge in [-0.3, -0.25) is 0 Å². The Morgan fingerprint density at radius 2 is 0.619 bits per heavy atom. The summed E-state index contributed by atoms with van der Waals surface area (Å²) in [5, 5.41) is 5.00. The molecule has 1 heteroatoms. The third-order valence-corrected chi connectivity index (χ3v) is 12.3. The van der Waals surface area contributed by atoms with Gasteiger partial charge >= 0.3 is 0 Å². The van der Waals surface area contributed by atoms with E-state index in [4.69, 9.17) is 0 Å². The summed E-state index contributed by atoms with van der Waals surface area (Å²) in [4.78, 5) is 2.42. The van der Waals surface area contributed by atoms with Crippen molar-refractivity contribution >= 4 is 38.6 Å². The van der Waals surface area contributed by atoms with Gasteiger partial charge in [0.25, 0.3) is 0 Å². The van der Waals surface area contributed by atoms with E-state index in [1.165, 1.54) is 82.7 Å². The normalized spacial score (nSPS) is 11.2. The van der Waals surface area contributed by atoms with Gasteiger partial charge in [-0.25, -0.2) is 0 Å². The van der Waals surface area contributed by atoms with Gasteiger partial charge in [0.1, 0.15) is 0 Å². The molecule has 296 valence electrons. The van der Waals surface area contributed by atoms with Gasteiger partial charge in [0.05, 0.1) is 5.69 Å². The molecule has 1 nitrogen and oxygen atoms in total. The van der Waals surface area contributed by atoms with E-state index in [-0.39, 0.29) is 0 Å². The Labute approximate surface area is 369 Å². The van der Waals surface area contributed by atoms with Crippen LogP contribution in [-0.2, 0) is 0 Å². The molecule has 0 aliphatic rings. The highest BCUT2D eigenvalue weighted by Gasteiger charge is 2.21. The second-order valence-corrected chi connectivity index (χ2v) is 16.1. The van der Waals surface area contributed by atoms with Crippen LogP contribution in [0.5, 0.6) is 0 Å². The fourth-order valence-corrected chi connectivity index (χ4v) is 9.25. The first-order chi connectivity index (χ1) is 31.3. The third-order valence-electron chi connectivity index (χ3n) is 12.3. The van der Waals surface area contributed by atoms with Crippen molar-refractivity contribution in [1.29, 1.82) is 0 Å². The summed E-state index contributed by atoms with van der Waals surface area (Å²) in [6.45, 7) is 0. The maximum absolute atomic E-state index is 2.42. The molecule has 0 amide bonds. The molecule has 0 radical (unpaired) electrons. The van der Waals surface area contributed by atoms with Gasteiger partial charge in [-0.15, -0.1) is 0 Å². The Kier molecular flexibility index (Phi) is 9.97. The molecule has 0 heterocycles. The molecule has 0 saturated heterocycles. The van der Waals surface area contributed by atoms with Crippen molar-refractivity contribution in [2.24, 2.45) is 0 Å².